The molecule has 0 bridgehead atoms. The number of methoxy groups -OCH3 is 1. The van der Waals surface area contributed by atoms with Gasteiger partial charge in [-0.3, -0.25) is 9.78 Å². The Bertz CT molecular complexity index is 1100. The highest BCUT2D eigenvalue weighted by Crippen LogP contribution is 2.27. The third kappa shape index (κ3) is 6.60. The summed E-state index contributed by atoms with van der Waals surface area (Å²) in [4.78, 5) is 17.8. The molecule has 0 saturated heterocycles. The molecule has 0 radical (unpaired) electrons. The van der Waals surface area contributed by atoms with Crippen LogP contribution in [0.4, 0.5) is 4.39 Å². The fourth-order valence-corrected chi connectivity index (χ4v) is 5.30. The Morgan fingerprint density at radius 1 is 1.06 bits per heavy atom. The second-order valence-corrected chi connectivity index (χ2v) is 10.1. The van der Waals surface area contributed by atoms with Crippen molar-refractivity contribution in [3.05, 3.63) is 78.2 Å². The molecule has 2 aromatic carbocycles. The van der Waals surface area contributed by atoms with Crippen molar-refractivity contribution in [3.63, 3.8) is 0 Å². The zero-order valence-electron chi connectivity index (χ0n) is 19.9. The van der Waals surface area contributed by atoms with E-state index < -0.39 is 11.4 Å². The number of amides is 1. The predicted octanol–water partition coefficient (Wildman–Crippen LogP) is 4.94. The number of carbonyl (C=O) groups is 1. The van der Waals surface area contributed by atoms with Gasteiger partial charge in [-0.05, 0) is 86.7 Å². The molecule has 1 saturated carbocycles. The van der Waals surface area contributed by atoms with Crippen LogP contribution < -0.4 is 14.8 Å². The fraction of sp³-hybridized carbons (Fsp3) is 0.333. The monoisotopic (exact) mass is 495 g/mol. The van der Waals surface area contributed by atoms with Crippen molar-refractivity contribution in [3.8, 4) is 17.0 Å². The maximum atomic E-state index is 13.1. The first-order chi connectivity index (χ1) is 16.9. The lowest BCUT2D eigenvalue weighted by Crippen LogP contribution is -2.41. The van der Waals surface area contributed by atoms with Crippen molar-refractivity contribution in [1.29, 1.82) is 0 Å². The molecular weight excluding hydrogens is 465 g/mol. The van der Waals surface area contributed by atoms with Crippen LogP contribution in [0.15, 0.2) is 71.8 Å². The molecule has 1 aliphatic carbocycles. The summed E-state index contributed by atoms with van der Waals surface area (Å²) in [5.74, 6) is 0.430. The van der Waals surface area contributed by atoms with Gasteiger partial charge in [0.05, 0.1) is 42.4 Å². The smallest absolute Gasteiger partial charge is 0.223 e. The minimum absolute atomic E-state index is 0.0136. The number of nitrogens with zero attached hydrogens (tertiary/aromatic N) is 1. The molecule has 1 unspecified atom stereocenters. The van der Waals surface area contributed by atoms with Crippen LogP contribution in [0.25, 0.3) is 11.3 Å². The average molecular weight is 496 g/mol. The fourth-order valence-electron chi connectivity index (χ4n) is 4.28. The van der Waals surface area contributed by atoms with Crippen molar-refractivity contribution in [1.82, 2.24) is 15.0 Å². The summed E-state index contributed by atoms with van der Waals surface area (Å²) in [7, 11) is 1.63. The number of carbonyl (C=O) groups excluding carboxylic acids is 1. The van der Waals surface area contributed by atoms with Gasteiger partial charge in [-0.2, -0.15) is 0 Å². The molecule has 1 heterocycles. The molecule has 0 spiro atoms. The number of hydrogen-bond donors (Lipinski definition) is 2. The number of pyridine rings is 1. The molecule has 184 valence electrons. The number of hydrogen-bond acceptors (Lipinski definition) is 5. The first-order valence-electron chi connectivity index (χ1n) is 11.8. The summed E-state index contributed by atoms with van der Waals surface area (Å²) in [6.45, 7) is 1.90. The topological polar surface area (TPSA) is 86.3 Å². The molecule has 2 atom stereocenters. The third-order valence-electron chi connectivity index (χ3n) is 6.44. The van der Waals surface area contributed by atoms with E-state index >= 15 is 0 Å². The summed E-state index contributed by atoms with van der Waals surface area (Å²) >= 11 is -1.37. The zero-order valence-corrected chi connectivity index (χ0v) is 20.7. The molecule has 1 aliphatic rings. The Morgan fingerprint density at radius 3 is 2.34 bits per heavy atom. The Kier molecular flexibility index (Phi) is 8.38. The van der Waals surface area contributed by atoms with E-state index in [1.54, 1.807) is 25.4 Å². The highest BCUT2D eigenvalue weighted by atomic mass is 32.2. The quantitative estimate of drug-likeness (QED) is 0.432. The van der Waals surface area contributed by atoms with E-state index in [1.165, 1.54) is 12.1 Å². The number of rotatable bonds is 8. The molecule has 1 aromatic heterocycles. The number of benzene rings is 2. The lowest BCUT2D eigenvalue weighted by atomic mass is 9.85. The van der Waals surface area contributed by atoms with Crippen LogP contribution in [0.2, 0.25) is 0 Å². The van der Waals surface area contributed by atoms with Gasteiger partial charge in [0.25, 0.3) is 0 Å². The van der Waals surface area contributed by atoms with Crippen molar-refractivity contribution in [2.45, 2.75) is 49.6 Å². The molecule has 35 heavy (non-hydrogen) atoms. The van der Waals surface area contributed by atoms with Crippen molar-refractivity contribution < 1.29 is 18.5 Å². The van der Waals surface area contributed by atoms with Crippen LogP contribution in [0.1, 0.15) is 44.2 Å². The van der Waals surface area contributed by atoms with E-state index in [-0.39, 0.29) is 29.7 Å². The van der Waals surface area contributed by atoms with Gasteiger partial charge in [0.2, 0.25) is 5.91 Å². The van der Waals surface area contributed by atoms with Crippen molar-refractivity contribution >= 4 is 17.3 Å². The normalized spacial score (nSPS) is 19.5. The summed E-state index contributed by atoms with van der Waals surface area (Å²) in [5, 5.41) is 3.03. The van der Waals surface area contributed by atoms with Crippen LogP contribution in [0.3, 0.4) is 0 Å². The van der Waals surface area contributed by atoms with E-state index in [1.807, 2.05) is 43.3 Å². The molecule has 3 aromatic rings. The standard InChI is InChI=1S/C27H30FN3O3S/c1-18(19-3-9-22(28)10-4-19)30-27(32)21-5-11-23(12-6-21)31-35(33)25-15-16-26(29-17-25)20-7-13-24(34-2)14-8-20/h3-4,7-10,13-18,21,23,31H,5-6,11-12H2,1-2H3,(H,30,32)/t18-,21-,23-,35?/m1/s1. The first kappa shape index (κ1) is 25.2. The summed E-state index contributed by atoms with van der Waals surface area (Å²) in [6.07, 6.45) is 4.63. The van der Waals surface area contributed by atoms with Gasteiger partial charge in [-0.15, -0.1) is 4.72 Å². The molecular formula is C27H30FN3O3S. The van der Waals surface area contributed by atoms with Gasteiger partial charge < -0.3 is 14.6 Å². The van der Waals surface area contributed by atoms with Gasteiger partial charge in [0.15, 0.2) is 4.90 Å². The third-order valence-corrected chi connectivity index (χ3v) is 7.65. The van der Waals surface area contributed by atoms with Crippen LogP contribution in [0, 0.1) is 11.7 Å². The largest absolute Gasteiger partial charge is 0.593 e. The molecule has 8 heteroatoms. The minimum atomic E-state index is -1.37. The van der Waals surface area contributed by atoms with Gasteiger partial charge in [-0.25, -0.2) is 4.39 Å². The van der Waals surface area contributed by atoms with Crippen LogP contribution in [0.5, 0.6) is 5.75 Å². The summed E-state index contributed by atoms with van der Waals surface area (Å²) in [5.41, 5.74) is 2.63. The molecule has 2 N–H and O–H groups in total. The maximum absolute atomic E-state index is 13.1. The van der Waals surface area contributed by atoms with Gasteiger partial charge in [-0.1, -0.05) is 12.1 Å². The molecule has 1 fully saturated rings. The van der Waals surface area contributed by atoms with Gasteiger partial charge in [0, 0.05) is 11.5 Å². The molecule has 1 amide bonds. The van der Waals surface area contributed by atoms with E-state index in [9.17, 15) is 13.7 Å². The summed E-state index contributed by atoms with van der Waals surface area (Å²) < 4.78 is 34.3. The number of nitrogens with one attached hydrogen (secondary N) is 2. The van der Waals surface area contributed by atoms with Crippen molar-refractivity contribution in [2.75, 3.05) is 7.11 Å². The highest BCUT2D eigenvalue weighted by Gasteiger charge is 2.29. The van der Waals surface area contributed by atoms with E-state index in [0.717, 1.165) is 48.3 Å². The first-order valence-corrected chi connectivity index (χ1v) is 12.9. The number of ether oxygens (including phenoxy) is 1. The van der Waals surface area contributed by atoms with Crippen LogP contribution in [-0.2, 0) is 16.2 Å². The Balaban J connectivity index is 1.25. The Morgan fingerprint density at radius 2 is 1.74 bits per heavy atom. The van der Waals surface area contributed by atoms with Crippen molar-refractivity contribution in [2.24, 2.45) is 5.92 Å². The molecule has 6 nitrogen and oxygen atoms in total. The maximum Gasteiger partial charge on any atom is 0.223 e. The summed E-state index contributed by atoms with van der Waals surface area (Å²) in [6, 6.07) is 17.4. The zero-order chi connectivity index (χ0) is 24.8. The number of halogens is 1. The second kappa shape index (κ2) is 11.7. The van der Waals surface area contributed by atoms with Gasteiger partial charge in [0.1, 0.15) is 11.6 Å². The Labute approximate surface area is 208 Å². The minimum Gasteiger partial charge on any atom is -0.593 e. The lowest BCUT2D eigenvalue weighted by molar-refractivity contribution is -0.126. The highest BCUT2D eigenvalue weighted by molar-refractivity contribution is 7.89. The van der Waals surface area contributed by atoms with E-state index in [0.29, 0.717) is 4.90 Å². The van der Waals surface area contributed by atoms with E-state index in [4.69, 9.17) is 4.74 Å². The predicted molar refractivity (Wildman–Crippen MR) is 134 cm³/mol. The SMILES string of the molecule is COc1ccc(-c2ccc([S+]([O-])N[C@H]3CC[C@H](C(=O)N[C@H](C)c4ccc(F)cc4)CC3)cn2)cc1. The van der Waals surface area contributed by atoms with Crippen LogP contribution >= 0.6 is 0 Å². The molecule has 0 aliphatic heterocycles. The lowest BCUT2D eigenvalue weighted by Gasteiger charge is -2.29. The van der Waals surface area contributed by atoms with Gasteiger partial charge >= 0.3 is 0 Å². The average Bonchev–Trinajstić information content (AvgIpc) is 2.89. The Hall–Kier alpha value is -2.94. The second-order valence-electron chi connectivity index (χ2n) is 8.82. The number of aromatic nitrogens is 1. The van der Waals surface area contributed by atoms with Crippen LogP contribution in [-0.4, -0.2) is 28.6 Å². The molecule has 4 rings (SSSR count). The van der Waals surface area contributed by atoms with E-state index in [2.05, 4.69) is 15.0 Å².